The van der Waals surface area contributed by atoms with Crippen LogP contribution in [0.15, 0.2) is 18.2 Å². The lowest BCUT2D eigenvalue weighted by Crippen LogP contribution is -2.23. The summed E-state index contributed by atoms with van der Waals surface area (Å²) < 4.78 is 62.0. The Hall–Kier alpha value is -1.77. The van der Waals surface area contributed by atoms with Crippen molar-refractivity contribution in [1.82, 2.24) is 5.32 Å². The van der Waals surface area contributed by atoms with Crippen molar-refractivity contribution in [2.75, 3.05) is 17.5 Å². The highest BCUT2D eigenvalue weighted by atomic mass is 32.2. The second-order valence-corrected chi connectivity index (χ2v) is 6.61. The molecule has 0 fully saturated rings. The number of benzene rings is 1. The maximum absolute atomic E-state index is 12.0. The molecule has 0 aliphatic carbocycles. The average Bonchev–Trinajstić information content (AvgIpc) is 2.37. The third-order valence-electron chi connectivity index (χ3n) is 2.79. The average molecular weight is 338 g/mol. The highest BCUT2D eigenvalue weighted by Crippen LogP contribution is 2.23. The van der Waals surface area contributed by atoms with E-state index in [4.69, 9.17) is 0 Å². The summed E-state index contributed by atoms with van der Waals surface area (Å²) >= 11 is 0. The van der Waals surface area contributed by atoms with E-state index in [1.807, 2.05) is 0 Å². The van der Waals surface area contributed by atoms with Crippen molar-refractivity contribution in [2.24, 2.45) is 0 Å². The Morgan fingerprint density at radius 3 is 2.45 bits per heavy atom. The Morgan fingerprint density at radius 2 is 1.91 bits per heavy atom. The van der Waals surface area contributed by atoms with Gasteiger partial charge in [-0.15, -0.1) is 0 Å². The third-order valence-corrected chi connectivity index (χ3v) is 4.14. The molecule has 0 aliphatic heterocycles. The van der Waals surface area contributed by atoms with E-state index in [2.05, 4.69) is 10.0 Å². The van der Waals surface area contributed by atoms with Crippen LogP contribution in [0.3, 0.4) is 0 Å². The molecule has 2 N–H and O–H groups in total. The second kappa shape index (κ2) is 6.99. The van der Waals surface area contributed by atoms with Crippen LogP contribution in [-0.2, 0) is 10.0 Å². The first-order chi connectivity index (χ1) is 10.0. The number of carbonyl (C=O) groups is 1. The number of hydrogen-bond acceptors (Lipinski definition) is 3. The summed E-state index contributed by atoms with van der Waals surface area (Å²) in [4.78, 5) is 11.7. The van der Waals surface area contributed by atoms with Crippen molar-refractivity contribution in [3.8, 4) is 0 Å². The predicted octanol–water partition coefficient (Wildman–Crippen LogP) is 2.44. The highest BCUT2D eigenvalue weighted by molar-refractivity contribution is 7.92. The molecule has 0 spiro atoms. The Morgan fingerprint density at radius 1 is 1.27 bits per heavy atom. The first kappa shape index (κ1) is 18.3. The Balaban J connectivity index is 2.87. The van der Waals surface area contributed by atoms with Gasteiger partial charge in [0.05, 0.1) is 17.0 Å². The zero-order valence-electron chi connectivity index (χ0n) is 12.1. The zero-order chi connectivity index (χ0) is 17.0. The molecule has 1 amide bonds. The van der Waals surface area contributed by atoms with Gasteiger partial charge >= 0.3 is 6.18 Å². The van der Waals surface area contributed by atoms with Crippen LogP contribution in [0.2, 0.25) is 0 Å². The topological polar surface area (TPSA) is 75.3 Å². The number of alkyl halides is 3. The maximum atomic E-state index is 12.0. The van der Waals surface area contributed by atoms with Crippen LogP contribution in [0, 0.1) is 6.92 Å². The van der Waals surface area contributed by atoms with Crippen molar-refractivity contribution < 1.29 is 26.4 Å². The maximum Gasteiger partial charge on any atom is 0.389 e. The van der Waals surface area contributed by atoms with E-state index in [0.29, 0.717) is 0 Å². The molecule has 5 nitrogen and oxygen atoms in total. The van der Waals surface area contributed by atoms with Crippen LogP contribution < -0.4 is 10.0 Å². The smallest absolute Gasteiger partial charge is 0.355 e. The third kappa shape index (κ3) is 5.92. The van der Waals surface area contributed by atoms with E-state index in [1.54, 1.807) is 13.0 Å². The molecule has 0 saturated heterocycles. The standard InChI is InChI=1S/C13H17F3N2O3S/c1-9-4-5-11(10(8-9)12(19)17-2)18-22(20,21)7-3-6-13(14,15)16/h4-5,8,18H,3,6-7H2,1-2H3,(H,17,19). The number of rotatable bonds is 6. The largest absolute Gasteiger partial charge is 0.389 e. The number of halogens is 3. The summed E-state index contributed by atoms with van der Waals surface area (Å²) in [7, 11) is -2.57. The van der Waals surface area contributed by atoms with Crippen LogP contribution in [0.4, 0.5) is 18.9 Å². The lowest BCUT2D eigenvalue weighted by Gasteiger charge is -2.13. The van der Waals surface area contributed by atoms with Crippen LogP contribution in [0.25, 0.3) is 0 Å². The second-order valence-electron chi connectivity index (χ2n) is 4.77. The molecule has 0 aromatic heterocycles. The quantitative estimate of drug-likeness (QED) is 0.836. The molecule has 0 radical (unpaired) electrons. The molecule has 1 rings (SSSR count). The van der Waals surface area contributed by atoms with Gasteiger partial charge in [0.2, 0.25) is 10.0 Å². The van der Waals surface area contributed by atoms with E-state index in [1.165, 1.54) is 19.2 Å². The van der Waals surface area contributed by atoms with Crippen LogP contribution >= 0.6 is 0 Å². The summed E-state index contributed by atoms with van der Waals surface area (Å²) in [6.45, 7) is 1.73. The molecule has 1 aromatic carbocycles. The van der Waals surface area contributed by atoms with E-state index in [9.17, 15) is 26.4 Å². The molecule has 0 bridgehead atoms. The Bertz CT molecular complexity index is 642. The number of hydrogen-bond donors (Lipinski definition) is 2. The molecule has 0 heterocycles. The Labute approximate surface area is 127 Å². The number of carbonyl (C=O) groups excluding carboxylic acids is 1. The van der Waals surface area contributed by atoms with Gasteiger partial charge in [-0.1, -0.05) is 11.6 Å². The van der Waals surface area contributed by atoms with Gasteiger partial charge in [-0.05, 0) is 25.5 Å². The number of amides is 1. The van der Waals surface area contributed by atoms with Gasteiger partial charge in [-0.3, -0.25) is 9.52 Å². The molecule has 124 valence electrons. The monoisotopic (exact) mass is 338 g/mol. The van der Waals surface area contributed by atoms with Crippen LogP contribution in [0.5, 0.6) is 0 Å². The predicted molar refractivity (Wildman–Crippen MR) is 77.3 cm³/mol. The fraction of sp³-hybridized carbons (Fsp3) is 0.462. The van der Waals surface area contributed by atoms with E-state index >= 15 is 0 Å². The summed E-state index contributed by atoms with van der Waals surface area (Å²) in [6, 6.07) is 4.49. The van der Waals surface area contributed by atoms with Crippen molar-refractivity contribution in [3.63, 3.8) is 0 Å². The lowest BCUT2D eigenvalue weighted by molar-refractivity contribution is -0.134. The van der Waals surface area contributed by atoms with Gasteiger partial charge < -0.3 is 5.32 Å². The van der Waals surface area contributed by atoms with Crippen LogP contribution in [-0.4, -0.2) is 33.3 Å². The van der Waals surface area contributed by atoms with Gasteiger partial charge in [-0.2, -0.15) is 13.2 Å². The molecule has 0 aliphatic rings. The van der Waals surface area contributed by atoms with E-state index in [0.717, 1.165) is 5.56 Å². The first-order valence-corrected chi connectivity index (χ1v) is 8.09. The molecule has 1 aromatic rings. The molecule has 0 saturated carbocycles. The van der Waals surface area contributed by atoms with E-state index in [-0.39, 0.29) is 11.3 Å². The number of aryl methyl sites for hydroxylation is 1. The van der Waals surface area contributed by atoms with Gasteiger partial charge in [-0.25, -0.2) is 8.42 Å². The highest BCUT2D eigenvalue weighted by Gasteiger charge is 2.27. The minimum atomic E-state index is -4.40. The molecule has 22 heavy (non-hydrogen) atoms. The molecular weight excluding hydrogens is 321 g/mol. The molecule has 9 heteroatoms. The SMILES string of the molecule is CNC(=O)c1cc(C)ccc1NS(=O)(=O)CCCC(F)(F)F. The fourth-order valence-corrected chi connectivity index (χ4v) is 2.89. The first-order valence-electron chi connectivity index (χ1n) is 6.44. The normalized spacial score (nSPS) is 12.0. The van der Waals surface area contributed by atoms with Crippen molar-refractivity contribution in [3.05, 3.63) is 29.3 Å². The van der Waals surface area contributed by atoms with Gasteiger partial charge in [0.25, 0.3) is 5.91 Å². The molecular formula is C13H17F3N2O3S. The van der Waals surface area contributed by atoms with Crippen molar-refractivity contribution in [1.29, 1.82) is 0 Å². The zero-order valence-corrected chi connectivity index (χ0v) is 12.9. The van der Waals surface area contributed by atoms with Crippen LogP contribution in [0.1, 0.15) is 28.8 Å². The minimum Gasteiger partial charge on any atom is -0.355 e. The van der Waals surface area contributed by atoms with Gasteiger partial charge in [0.15, 0.2) is 0 Å². The summed E-state index contributed by atoms with van der Waals surface area (Å²) in [5, 5.41) is 2.38. The number of anilines is 1. The number of nitrogens with one attached hydrogen (secondary N) is 2. The summed E-state index contributed by atoms with van der Waals surface area (Å²) in [6.07, 6.45) is -6.11. The van der Waals surface area contributed by atoms with Crippen molar-refractivity contribution in [2.45, 2.75) is 25.9 Å². The fourth-order valence-electron chi connectivity index (χ4n) is 1.75. The summed E-state index contributed by atoms with van der Waals surface area (Å²) in [5.74, 6) is -1.16. The van der Waals surface area contributed by atoms with Crippen molar-refractivity contribution >= 4 is 21.6 Å². The molecule has 0 unspecified atom stereocenters. The summed E-state index contributed by atoms with van der Waals surface area (Å²) in [5.41, 5.74) is 0.900. The molecule has 0 atom stereocenters. The van der Waals surface area contributed by atoms with Gasteiger partial charge in [0, 0.05) is 13.5 Å². The lowest BCUT2D eigenvalue weighted by atomic mass is 10.1. The number of sulfonamides is 1. The minimum absolute atomic E-state index is 0.0389. The van der Waals surface area contributed by atoms with E-state index < -0.39 is 40.7 Å². The Kier molecular flexibility index (Phi) is 5.81. The van der Waals surface area contributed by atoms with Gasteiger partial charge in [0.1, 0.15) is 0 Å².